The molecule has 0 aromatic rings. The molecule has 0 aromatic carbocycles. The normalized spacial score (nSPS) is 31.6. The zero-order chi connectivity index (χ0) is 11.4. The summed E-state index contributed by atoms with van der Waals surface area (Å²) in [5.74, 6) is 1.89. The summed E-state index contributed by atoms with van der Waals surface area (Å²) in [6.07, 6.45) is 9.35. The van der Waals surface area contributed by atoms with E-state index in [1.165, 1.54) is 38.5 Å². The van der Waals surface area contributed by atoms with Crippen LogP contribution >= 0.6 is 0 Å². The summed E-state index contributed by atoms with van der Waals surface area (Å²) in [5, 5.41) is 6.06. The summed E-state index contributed by atoms with van der Waals surface area (Å²) in [4.78, 5) is 11.6. The van der Waals surface area contributed by atoms with Crippen LogP contribution in [0.25, 0.3) is 0 Å². The Morgan fingerprint density at radius 3 is 2.69 bits per heavy atom. The molecule has 92 valence electrons. The molecule has 1 heterocycles. The maximum atomic E-state index is 11.6. The van der Waals surface area contributed by atoms with E-state index in [0.717, 1.165) is 24.8 Å². The topological polar surface area (TPSA) is 41.1 Å². The number of carbonyl (C=O) groups excluding carboxylic acids is 1. The van der Waals surface area contributed by atoms with Crippen molar-refractivity contribution in [3.8, 4) is 0 Å². The highest BCUT2D eigenvalue weighted by molar-refractivity contribution is 5.81. The summed E-state index contributed by atoms with van der Waals surface area (Å²) in [6, 6.07) is 0.0603. The molecule has 2 atom stereocenters. The molecule has 2 aliphatic rings. The highest BCUT2D eigenvalue weighted by Crippen LogP contribution is 2.33. The second-order valence-electron chi connectivity index (χ2n) is 5.40. The molecule has 1 amide bonds. The molecule has 0 radical (unpaired) electrons. The Hall–Kier alpha value is -0.570. The summed E-state index contributed by atoms with van der Waals surface area (Å²) in [7, 11) is 1.73. The molecule has 0 bridgehead atoms. The van der Waals surface area contributed by atoms with Crippen molar-refractivity contribution < 1.29 is 4.79 Å². The van der Waals surface area contributed by atoms with Crippen LogP contribution in [-0.4, -0.2) is 25.5 Å². The van der Waals surface area contributed by atoms with Gasteiger partial charge in [-0.3, -0.25) is 4.79 Å². The largest absolute Gasteiger partial charge is 0.358 e. The number of likely N-dealkylation sites (N-methyl/N-ethyl adjacent to an activating group) is 1. The molecule has 2 N–H and O–H groups in total. The molecular weight excluding hydrogens is 200 g/mol. The number of nitrogens with one attached hydrogen (secondary N) is 2. The summed E-state index contributed by atoms with van der Waals surface area (Å²) >= 11 is 0. The molecule has 3 nitrogen and oxygen atoms in total. The van der Waals surface area contributed by atoms with Crippen molar-refractivity contribution in [3.63, 3.8) is 0 Å². The van der Waals surface area contributed by atoms with Crippen molar-refractivity contribution in [2.24, 2.45) is 11.8 Å². The van der Waals surface area contributed by atoms with Crippen LogP contribution in [0.5, 0.6) is 0 Å². The van der Waals surface area contributed by atoms with Crippen molar-refractivity contribution in [2.45, 2.75) is 51.0 Å². The molecule has 2 rings (SSSR count). The lowest BCUT2D eigenvalue weighted by atomic mass is 9.84. The summed E-state index contributed by atoms with van der Waals surface area (Å²) in [6.45, 7) is 1.01. The summed E-state index contributed by atoms with van der Waals surface area (Å²) in [5.41, 5.74) is 0. The van der Waals surface area contributed by atoms with E-state index >= 15 is 0 Å². The van der Waals surface area contributed by atoms with E-state index in [-0.39, 0.29) is 11.9 Å². The number of amides is 1. The number of carbonyl (C=O) groups is 1. The van der Waals surface area contributed by atoms with Crippen LogP contribution in [0.15, 0.2) is 0 Å². The van der Waals surface area contributed by atoms with Gasteiger partial charge in [0.25, 0.3) is 0 Å². The van der Waals surface area contributed by atoms with E-state index in [1.54, 1.807) is 7.05 Å². The molecule has 1 aliphatic heterocycles. The quantitative estimate of drug-likeness (QED) is 0.766. The van der Waals surface area contributed by atoms with E-state index in [1.807, 2.05) is 0 Å². The Kier molecular flexibility index (Phi) is 4.22. The highest BCUT2D eigenvalue weighted by Gasteiger charge is 2.28. The predicted octanol–water partition coefficient (Wildman–Crippen LogP) is 1.68. The first-order chi connectivity index (χ1) is 7.79. The fraction of sp³-hybridized carbons (Fsp3) is 0.923. The average molecular weight is 224 g/mol. The molecule has 1 aliphatic carbocycles. The minimum Gasteiger partial charge on any atom is -0.358 e. The maximum Gasteiger partial charge on any atom is 0.236 e. The van der Waals surface area contributed by atoms with Crippen molar-refractivity contribution in [1.82, 2.24) is 10.6 Å². The van der Waals surface area contributed by atoms with Crippen LogP contribution in [0.3, 0.4) is 0 Å². The Morgan fingerprint density at radius 1 is 1.25 bits per heavy atom. The highest BCUT2D eigenvalue weighted by atomic mass is 16.2. The zero-order valence-electron chi connectivity index (χ0n) is 10.3. The first-order valence-electron chi connectivity index (χ1n) is 6.74. The van der Waals surface area contributed by atoms with E-state index in [9.17, 15) is 4.79 Å². The van der Waals surface area contributed by atoms with Crippen LogP contribution in [0.2, 0.25) is 0 Å². The van der Waals surface area contributed by atoms with Gasteiger partial charge in [0.1, 0.15) is 0 Å². The van der Waals surface area contributed by atoms with Crippen LogP contribution in [-0.2, 0) is 4.79 Å². The standard InChI is InChI=1S/C13H24N2O/c1-14-13(16)12-9-11(6-7-15-12)8-10-4-2-3-5-10/h10-12,15H,2-9H2,1H3,(H,14,16). The van der Waals surface area contributed by atoms with Gasteiger partial charge in [-0.05, 0) is 37.6 Å². The number of hydrogen-bond acceptors (Lipinski definition) is 2. The fourth-order valence-corrected chi connectivity index (χ4v) is 3.30. The Morgan fingerprint density at radius 2 is 2.00 bits per heavy atom. The Balaban J connectivity index is 1.79. The lowest BCUT2D eigenvalue weighted by Crippen LogP contribution is -2.48. The minimum absolute atomic E-state index is 0.0603. The molecule has 0 spiro atoms. The number of rotatable bonds is 3. The Labute approximate surface area is 98.4 Å². The second kappa shape index (κ2) is 5.67. The third kappa shape index (κ3) is 2.97. The molecule has 2 fully saturated rings. The van der Waals surface area contributed by atoms with Crippen LogP contribution in [0.1, 0.15) is 44.9 Å². The number of hydrogen-bond donors (Lipinski definition) is 2. The fourth-order valence-electron chi connectivity index (χ4n) is 3.30. The van der Waals surface area contributed by atoms with Crippen LogP contribution in [0.4, 0.5) is 0 Å². The van der Waals surface area contributed by atoms with E-state index in [4.69, 9.17) is 0 Å². The van der Waals surface area contributed by atoms with Crippen molar-refractivity contribution in [1.29, 1.82) is 0 Å². The maximum absolute atomic E-state index is 11.6. The third-order valence-corrected chi connectivity index (χ3v) is 4.22. The van der Waals surface area contributed by atoms with Gasteiger partial charge in [0.05, 0.1) is 6.04 Å². The first kappa shape index (κ1) is 11.9. The van der Waals surface area contributed by atoms with Gasteiger partial charge in [-0.1, -0.05) is 25.7 Å². The molecule has 0 aromatic heterocycles. The monoisotopic (exact) mass is 224 g/mol. The molecule has 1 saturated heterocycles. The molecule has 3 heteroatoms. The van der Waals surface area contributed by atoms with Gasteiger partial charge < -0.3 is 10.6 Å². The lowest BCUT2D eigenvalue weighted by molar-refractivity contribution is -0.123. The van der Waals surface area contributed by atoms with Gasteiger partial charge in [0.15, 0.2) is 0 Å². The molecule has 16 heavy (non-hydrogen) atoms. The van der Waals surface area contributed by atoms with Crippen molar-refractivity contribution in [3.05, 3.63) is 0 Å². The van der Waals surface area contributed by atoms with Gasteiger partial charge in [-0.15, -0.1) is 0 Å². The predicted molar refractivity (Wildman–Crippen MR) is 65.2 cm³/mol. The minimum atomic E-state index is 0.0603. The van der Waals surface area contributed by atoms with Gasteiger partial charge in [-0.2, -0.15) is 0 Å². The summed E-state index contributed by atoms with van der Waals surface area (Å²) < 4.78 is 0. The first-order valence-corrected chi connectivity index (χ1v) is 6.74. The second-order valence-corrected chi connectivity index (χ2v) is 5.40. The van der Waals surface area contributed by atoms with E-state index in [2.05, 4.69) is 10.6 Å². The van der Waals surface area contributed by atoms with Crippen molar-refractivity contribution in [2.75, 3.05) is 13.6 Å². The van der Waals surface area contributed by atoms with Crippen LogP contribution < -0.4 is 10.6 Å². The SMILES string of the molecule is CNC(=O)C1CC(CC2CCCC2)CCN1. The van der Waals surface area contributed by atoms with Crippen LogP contribution in [0, 0.1) is 11.8 Å². The molecule has 2 unspecified atom stereocenters. The zero-order valence-corrected chi connectivity index (χ0v) is 10.3. The van der Waals surface area contributed by atoms with Gasteiger partial charge in [-0.25, -0.2) is 0 Å². The number of piperidine rings is 1. The van der Waals surface area contributed by atoms with E-state index in [0.29, 0.717) is 0 Å². The molecule has 1 saturated carbocycles. The van der Waals surface area contributed by atoms with Gasteiger partial charge >= 0.3 is 0 Å². The van der Waals surface area contributed by atoms with Crippen molar-refractivity contribution >= 4 is 5.91 Å². The molecular formula is C13H24N2O. The van der Waals surface area contributed by atoms with E-state index < -0.39 is 0 Å². The average Bonchev–Trinajstić information content (AvgIpc) is 2.81. The third-order valence-electron chi connectivity index (χ3n) is 4.22. The van der Waals surface area contributed by atoms with Gasteiger partial charge in [0.2, 0.25) is 5.91 Å². The van der Waals surface area contributed by atoms with Gasteiger partial charge in [0, 0.05) is 7.05 Å². The Bertz CT molecular complexity index is 236. The smallest absolute Gasteiger partial charge is 0.236 e. The lowest BCUT2D eigenvalue weighted by Gasteiger charge is -2.30.